The third-order valence-electron chi connectivity index (χ3n) is 7.25. The van der Waals surface area contributed by atoms with Crippen LogP contribution in [0.15, 0.2) is 61.2 Å². The molecule has 2 aromatic rings. The molecule has 2 aliphatic rings. The molecular formula is C28H31Cl2N5O5. The molecule has 0 aliphatic carbocycles. The molecule has 1 unspecified atom stereocenters. The Kier molecular flexibility index (Phi) is 9.21. The van der Waals surface area contributed by atoms with E-state index in [2.05, 4.69) is 22.1 Å². The van der Waals surface area contributed by atoms with Crippen LogP contribution in [0.4, 0.5) is 10.5 Å². The number of nitrogens with one attached hydrogen (secondary N) is 2. The zero-order chi connectivity index (χ0) is 28.9. The van der Waals surface area contributed by atoms with Crippen LogP contribution in [0.2, 0.25) is 10.0 Å². The van der Waals surface area contributed by atoms with E-state index in [9.17, 15) is 19.2 Å². The lowest BCUT2D eigenvalue weighted by Crippen LogP contribution is -2.59. The number of likely N-dealkylation sites (tertiary alicyclic amines) is 1. The van der Waals surface area contributed by atoms with Gasteiger partial charge in [-0.05, 0) is 37.1 Å². The van der Waals surface area contributed by atoms with E-state index < -0.39 is 29.5 Å². The quantitative estimate of drug-likeness (QED) is 0.362. The molecule has 40 heavy (non-hydrogen) atoms. The summed E-state index contributed by atoms with van der Waals surface area (Å²) in [5.74, 6) is -1.40. The number of urea groups is 1. The van der Waals surface area contributed by atoms with Crippen molar-refractivity contribution in [2.45, 2.75) is 24.4 Å². The number of nitrogens with zero attached hydrogens (tertiary/aromatic N) is 3. The first-order chi connectivity index (χ1) is 19.2. The van der Waals surface area contributed by atoms with E-state index in [0.717, 1.165) is 5.69 Å². The monoisotopic (exact) mass is 587 g/mol. The molecule has 2 aromatic carbocycles. The van der Waals surface area contributed by atoms with Gasteiger partial charge in [0, 0.05) is 25.3 Å². The van der Waals surface area contributed by atoms with Crippen molar-refractivity contribution in [3.05, 3.63) is 76.8 Å². The fraction of sp³-hybridized carbons (Fsp3) is 0.357. The third kappa shape index (κ3) is 5.88. The largest absolute Gasteiger partial charge is 0.467 e. The summed E-state index contributed by atoms with van der Waals surface area (Å²) in [7, 11) is 1.18. The number of para-hydroxylation sites is 1. The maximum atomic E-state index is 13.5. The number of anilines is 1. The molecule has 0 radical (unpaired) electrons. The smallest absolute Gasteiger partial charge is 0.330 e. The summed E-state index contributed by atoms with van der Waals surface area (Å²) in [5.41, 5.74) is 0.190. The number of ether oxygens (including phenoxy) is 1. The number of amides is 4. The molecule has 12 heteroatoms. The average Bonchev–Trinajstić information content (AvgIpc) is 3.21. The SMILES string of the molecule is C=CCN1CN(c2ccccc2)C2(CCN(C(=O)NCC(NC(=O)c3c(Cl)cccc3Cl)C(=O)OC)CC2)C1=O. The highest BCUT2D eigenvalue weighted by Crippen LogP contribution is 2.39. The summed E-state index contributed by atoms with van der Waals surface area (Å²) in [6.07, 6.45) is 2.58. The Bertz CT molecular complexity index is 1260. The number of methoxy groups -OCH3 is 1. The van der Waals surface area contributed by atoms with Gasteiger partial charge in [0.25, 0.3) is 5.91 Å². The van der Waals surface area contributed by atoms with Crippen molar-refractivity contribution in [3.63, 3.8) is 0 Å². The van der Waals surface area contributed by atoms with Gasteiger partial charge in [-0.1, -0.05) is 53.5 Å². The third-order valence-corrected chi connectivity index (χ3v) is 7.88. The maximum absolute atomic E-state index is 13.5. The van der Waals surface area contributed by atoms with Crippen molar-refractivity contribution in [2.24, 2.45) is 0 Å². The normalized spacial score (nSPS) is 17.0. The minimum atomic E-state index is -1.18. The first-order valence-electron chi connectivity index (χ1n) is 12.8. The fourth-order valence-electron chi connectivity index (χ4n) is 5.16. The summed E-state index contributed by atoms with van der Waals surface area (Å²) < 4.78 is 4.81. The van der Waals surface area contributed by atoms with Gasteiger partial charge in [-0.15, -0.1) is 6.58 Å². The fourth-order valence-corrected chi connectivity index (χ4v) is 5.73. The number of piperidine rings is 1. The highest BCUT2D eigenvalue weighted by Gasteiger charge is 2.53. The Morgan fingerprint density at radius 3 is 2.33 bits per heavy atom. The van der Waals surface area contributed by atoms with Gasteiger partial charge in [0.2, 0.25) is 5.91 Å². The van der Waals surface area contributed by atoms with E-state index >= 15 is 0 Å². The molecule has 212 valence electrons. The van der Waals surface area contributed by atoms with Crippen molar-refractivity contribution in [2.75, 3.05) is 44.9 Å². The van der Waals surface area contributed by atoms with Gasteiger partial charge in [-0.3, -0.25) is 9.59 Å². The number of hydrogen-bond donors (Lipinski definition) is 2. The zero-order valence-corrected chi connectivity index (χ0v) is 23.6. The molecule has 2 fully saturated rings. The summed E-state index contributed by atoms with van der Waals surface area (Å²) in [6.45, 7) is 5.09. The Morgan fingerprint density at radius 2 is 1.73 bits per heavy atom. The molecule has 2 saturated heterocycles. The second kappa shape index (κ2) is 12.6. The van der Waals surface area contributed by atoms with Gasteiger partial charge in [0.15, 0.2) is 0 Å². The summed E-state index contributed by atoms with van der Waals surface area (Å²) in [6, 6.07) is 12.7. The van der Waals surface area contributed by atoms with Crippen molar-refractivity contribution in [1.29, 1.82) is 0 Å². The summed E-state index contributed by atoms with van der Waals surface area (Å²) >= 11 is 12.2. The van der Waals surface area contributed by atoms with Crippen LogP contribution in [0.3, 0.4) is 0 Å². The van der Waals surface area contributed by atoms with E-state index in [1.54, 1.807) is 21.9 Å². The van der Waals surface area contributed by atoms with Crippen LogP contribution in [0.1, 0.15) is 23.2 Å². The predicted octanol–water partition coefficient (Wildman–Crippen LogP) is 3.30. The Balaban J connectivity index is 1.41. The number of carbonyl (C=O) groups excluding carboxylic acids is 4. The number of benzene rings is 2. The van der Waals surface area contributed by atoms with Gasteiger partial charge in [0.05, 0.1) is 35.9 Å². The Labute approximate surface area is 242 Å². The summed E-state index contributed by atoms with van der Waals surface area (Å²) in [4.78, 5) is 57.2. The van der Waals surface area contributed by atoms with Gasteiger partial charge in [-0.2, -0.15) is 0 Å². The number of hydrogen-bond acceptors (Lipinski definition) is 6. The molecule has 1 atom stereocenters. The molecule has 2 aliphatic heterocycles. The Morgan fingerprint density at radius 1 is 1.07 bits per heavy atom. The van der Waals surface area contributed by atoms with Crippen molar-refractivity contribution >= 4 is 52.7 Å². The molecule has 0 aromatic heterocycles. The van der Waals surface area contributed by atoms with Crippen molar-refractivity contribution in [3.8, 4) is 0 Å². The minimum Gasteiger partial charge on any atom is -0.467 e. The molecular weight excluding hydrogens is 557 g/mol. The zero-order valence-electron chi connectivity index (χ0n) is 22.1. The van der Waals surface area contributed by atoms with Crippen molar-refractivity contribution in [1.82, 2.24) is 20.4 Å². The lowest BCUT2D eigenvalue weighted by Gasteiger charge is -2.43. The second-order valence-corrected chi connectivity index (χ2v) is 10.4. The number of esters is 1. The average molecular weight is 588 g/mol. The molecule has 10 nitrogen and oxygen atoms in total. The minimum absolute atomic E-state index is 0.0158. The van der Waals surface area contributed by atoms with Gasteiger partial charge < -0.3 is 30.1 Å². The molecule has 0 saturated carbocycles. The van der Waals surface area contributed by atoms with Crippen LogP contribution in [0.5, 0.6) is 0 Å². The first kappa shape index (κ1) is 29.2. The second-order valence-electron chi connectivity index (χ2n) is 9.57. The molecule has 0 bridgehead atoms. The van der Waals surface area contributed by atoms with Gasteiger partial charge in [-0.25, -0.2) is 9.59 Å². The van der Waals surface area contributed by atoms with Crippen LogP contribution in [0, 0.1) is 0 Å². The number of rotatable bonds is 8. The Hall–Kier alpha value is -3.76. The van der Waals surface area contributed by atoms with E-state index in [1.165, 1.54) is 19.2 Å². The molecule has 2 N–H and O–H groups in total. The lowest BCUT2D eigenvalue weighted by molar-refractivity contribution is -0.142. The highest BCUT2D eigenvalue weighted by molar-refractivity contribution is 6.39. The lowest BCUT2D eigenvalue weighted by atomic mass is 9.85. The molecule has 1 spiro atoms. The highest BCUT2D eigenvalue weighted by atomic mass is 35.5. The maximum Gasteiger partial charge on any atom is 0.330 e. The van der Waals surface area contributed by atoms with Gasteiger partial charge in [0.1, 0.15) is 11.6 Å². The number of halogens is 2. The molecule has 4 amide bonds. The van der Waals surface area contributed by atoms with Crippen molar-refractivity contribution < 1.29 is 23.9 Å². The molecule has 4 rings (SSSR count). The van der Waals surface area contributed by atoms with E-state index in [1.807, 2.05) is 30.3 Å². The van der Waals surface area contributed by atoms with Crippen LogP contribution in [-0.2, 0) is 14.3 Å². The topological polar surface area (TPSA) is 111 Å². The predicted molar refractivity (Wildman–Crippen MR) is 152 cm³/mol. The standard InChI is InChI=1S/C28H31Cl2N5O5/c1-3-14-34-18-35(19-8-5-4-6-9-19)28(26(34)38)12-15-33(16-13-28)27(39)31-17-22(25(37)40-2)32-24(36)23-20(29)10-7-11-21(23)30/h3-11,22H,1,12-18H2,2H3,(H,31,39)(H,32,36). The van der Waals surface area contributed by atoms with Gasteiger partial charge >= 0.3 is 12.0 Å². The van der Waals surface area contributed by atoms with Crippen LogP contribution < -0.4 is 15.5 Å². The van der Waals surface area contributed by atoms with E-state index in [-0.39, 0.29) is 28.1 Å². The van der Waals surface area contributed by atoms with Crippen LogP contribution >= 0.6 is 23.2 Å². The molecule has 2 heterocycles. The van der Waals surface area contributed by atoms with E-state index in [4.69, 9.17) is 27.9 Å². The van der Waals surface area contributed by atoms with Crippen LogP contribution in [0.25, 0.3) is 0 Å². The number of carbonyl (C=O) groups is 4. The van der Waals surface area contributed by atoms with E-state index in [0.29, 0.717) is 39.1 Å². The summed E-state index contributed by atoms with van der Waals surface area (Å²) in [5, 5.41) is 5.47. The first-order valence-corrected chi connectivity index (χ1v) is 13.6. The van der Waals surface area contributed by atoms with Crippen LogP contribution in [-0.4, -0.2) is 85.2 Å².